The number of hydrogen-bond acceptors (Lipinski definition) is 3. The Balaban J connectivity index is 3.46. The van der Waals surface area contributed by atoms with E-state index in [1.54, 1.807) is 7.11 Å². The molecule has 1 unspecified atom stereocenters. The maximum atomic E-state index is 5.06. The minimum absolute atomic E-state index is 0.581. The van der Waals surface area contributed by atoms with Gasteiger partial charge in [-0.1, -0.05) is 13.8 Å². The van der Waals surface area contributed by atoms with Crippen LogP contribution in [0.25, 0.3) is 0 Å². The number of ether oxygens (including phenoxy) is 1. The van der Waals surface area contributed by atoms with E-state index in [4.69, 9.17) is 4.74 Å². The van der Waals surface area contributed by atoms with Crippen molar-refractivity contribution in [3.8, 4) is 0 Å². The van der Waals surface area contributed by atoms with Crippen LogP contribution in [-0.4, -0.2) is 50.8 Å². The van der Waals surface area contributed by atoms with Crippen molar-refractivity contribution in [2.24, 2.45) is 0 Å². The van der Waals surface area contributed by atoms with Crippen molar-refractivity contribution in [1.29, 1.82) is 0 Å². The van der Waals surface area contributed by atoms with E-state index in [9.17, 15) is 0 Å². The lowest BCUT2D eigenvalue weighted by atomic mass is 10.2. The summed E-state index contributed by atoms with van der Waals surface area (Å²) < 4.78 is 5.06. The smallest absolute Gasteiger partial charge is 0.0477 e. The summed E-state index contributed by atoms with van der Waals surface area (Å²) in [6.07, 6.45) is 1.11. The minimum Gasteiger partial charge on any atom is -0.385 e. The monoisotopic (exact) mass is 202 g/mol. The van der Waals surface area contributed by atoms with Crippen molar-refractivity contribution < 1.29 is 4.74 Å². The molecule has 0 fully saturated rings. The highest BCUT2D eigenvalue weighted by molar-refractivity contribution is 4.64. The summed E-state index contributed by atoms with van der Waals surface area (Å²) in [5, 5.41) is 3.41. The highest BCUT2D eigenvalue weighted by atomic mass is 16.5. The zero-order chi connectivity index (χ0) is 11.0. The van der Waals surface area contributed by atoms with Crippen molar-refractivity contribution in [3.05, 3.63) is 0 Å². The second kappa shape index (κ2) is 8.21. The molecule has 0 saturated heterocycles. The Hall–Kier alpha value is -0.120. The molecule has 0 amide bonds. The highest BCUT2D eigenvalue weighted by Crippen LogP contribution is 1.99. The maximum absolute atomic E-state index is 5.06. The van der Waals surface area contributed by atoms with Crippen molar-refractivity contribution in [2.75, 3.05) is 33.9 Å². The average Bonchev–Trinajstić information content (AvgIpc) is 2.13. The standard InChI is InChI=1S/C11H26N2O/c1-10(2)12-7-8-13(4)11(3)6-9-14-5/h10-12H,6-9H2,1-5H3. The summed E-state index contributed by atoms with van der Waals surface area (Å²) in [5.74, 6) is 0. The van der Waals surface area contributed by atoms with Crippen LogP contribution in [-0.2, 0) is 4.74 Å². The lowest BCUT2D eigenvalue weighted by Crippen LogP contribution is -2.37. The number of hydrogen-bond donors (Lipinski definition) is 1. The van der Waals surface area contributed by atoms with Gasteiger partial charge in [0.15, 0.2) is 0 Å². The first-order valence-corrected chi connectivity index (χ1v) is 5.50. The molecule has 0 aliphatic heterocycles. The molecule has 14 heavy (non-hydrogen) atoms. The summed E-state index contributed by atoms with van der Waals surface area (Å²) in [6.45, 7) is 9.61. The Labute approximate surface area is 88.8 Å². The first kappa shape index (κ1) is 13.9. The molecular weight excluding hydrogens is 176 g/mol. The Morgan fingerprint density at radius 2 is 1.93 bits per heavy atom. The van der Waals surface area contributed by atoms with Crippen LogP contribution in [0.4, 0.5) is 0 Å². The molecule has 0 saturated carbocycles. The van der Waals surface area contributed by atoms with E-state index in [0.29, 0.717) is 12.1 Å². The zero-order valence-corrected chi connectivity index (χ0v) is 10.3. The Morgan fingerprint density at radius 3 is 2.43 bits per heavy atom. The van der Waals surface area contributed by atoms with E-state index in [0.717, 1.165) is 26.1 Å². The lowest BCUT2D eigenvalue weighted by Gasteiger charge is -2.25. The number of likely N-dealkylation sites (N-methyl/N-ethyl adjacent to an activating group) is 1. The molecule has 0 heterocycles. The number of rotatable bonds is 8. The van der Waals surface area contributed by atoms with Crippen LogP contribution in [0.1, 0.15) is 27.2 Å². The molecule has 0 spiro atoms. The van der Waals surface area contributed by atoms with Gasteiger partial charge in [-0.25, -0.2) is 0 Å². The number of nitrogens with one attached hydrogen (secondary N) is 1. The fourth-order valence-electron chi connectivity index (χ4n) is 1.26. The van der Waals surface area contributed by atoms with Gasteiger partial charge in [0.05, 0.1) is 0 Å². The summed E-state index contributed by atoms with van der Waals surface area (Å²) in [5.41, 5.74) is 0. The summed E-state index contributed by atoms with van der Waals surface area (Å²) in [4.78, 5) is 2.37. The molecule has 1 atom stereocenters. The van der Waals surface area contributed by atoms with Gasteiger partial charge in [-0.05, 0) is 20.4 Å². The van der Waals surface area contributed by atoms with Crippen LogP contribution >= 0.6 is 0 Å². The molecule has 3 nitrogen and oxygen atoms in total. The predicted octanol–water partition coefficient (Wildman–Crippen LogP) is 1.34. The van der Waals surface area contributed by atoms with Crippen LogP contribution < -0.4 is 5.32 Å². The Bertz CT molecular complexity index is 128. The number of methoxy groups -OCH3 is 1. The van der Waals surface area contributed by atoms with E-state index in [2.05, 4.69) is 38.0 Å². The molecule has 86 valence electrons. The fourth-order valence-corrected chi connectivity index (χ4v) is 1.26. The second-order valence-electron chi connectivity index (χ2n) is 4.22. The van der Waals surface area contributed by atoms with Crippen molar-refractivity contribution >= 4 is 0 Å². The van der Waals surface area contributed by atoms with E-state index in [1.165, 1.54) is 0 Å². The molecule has 1 N–H and O–H groups in total. The minimum atomic E-state index is 0.581. The van der Waals surface area contributed by atoms with Crippen molar-refractivity contribution in [3.63, 3.8) is 0 Å². The molecule has 0 rings (SSSR count). The Kier molecular flexibility index (Phi) is 8.14. The Morgan fingerprint density at radius 1 is 1.29 bits per heavy atom. The maximum Gasteiger partial charge on any atom is 0.0477 e. The average molecular weight is 202 g/mol. The van der Waals surface area contributed by atoms with E-state index >= 15 is 0 Å². The molecule has 0 aromatic carbocycles. The molecule has 3 heteroatoms. The third kappa shape index (κ3) is 7.30. The highest BCUT2D eigenvalue weighted by Gasteiger charge is 2.07. The van der Waals surface area contributed by atoms with Crippen molar-refractivity contribution in [1.82, 2.24) is 10.2 Å². The van der Waals surface area contributed by atoms with Gasteiger partial charge in [0.25, 0.3) is 0 Å². The quantitative estimate of drug-likeness (QED) is 0.643. The second-order valence-corrected chi connectivity index (χ2v) is 4.22. The SMILES string of the molecule is COCCC(C)N(C)CCNC(C)C. The summed E-state index contributed by atoms with van der Waals surface area (Å²) in [6, 6.07) is 1.18. The molecule has 0 aromatic rings. The van der Waals surface area contributed by atoms with Gasteiger partial charge in [-0.15, -0.1) is 0 Å². The normalized spacial score (nSPS) is 13.9. The summed E-state index contributed by atoms with van der Waals surface area (Å²) in [7, 11) is 3.93. The van der Waals surface area contributed by atoms with Crippen LogP contribution in [0.5, 0.6) is 0 Å². The molecular formula is C11H26N2O. The van der Waals surface area contributed by atoms with E-state index in [-0.39, 0.29) is 0 Å². The first-order valence-electron chi connectivity index (χ1n) is 5.50. The number of nitrogens with zero attached hydrogens (tertiary/aromatic N) is 1. The molecule has 0 aromatic heterocycles. The van der Waals surface area contributed by atoms with Gasteiger partial charge in [0, 0.05) is 38.9 Å². The van der Waals surface area contributed by atoms with Gasteiger partial charge >= 0.3 is 0 Å². The topological polar surface area (TPSA) is 24.5 Å². The predicted molar refractivity (Wildman–Crippen MR) is 61.7 cm³/mol. The van der Waals surface area contributed by atoms with Gasteiger partial charge in [0.2, 0.25) is 0 Å². The van der Waals surface area contributed by atoms with Crippen LogP contribution in [0.2, 0.25) is 0 Å². The fraction of sp³-hybridized carbons (Fsp3) is 1.00. The molecule has 0 aliphatic carbocycles. The largest absolute Gasteiger partial charge is 0.385 e. The summed E-state index contributed by atoms with van der Waals surface area (Å²) >= 11 is 0. The van der Waals surface area contributed by atoms with Gasteiger partial charge < -0.3 is 15.0 Å². The van der Waals surface area contributed by atoms with Gasteiger partial charge in [-0.2, -0.15) is 0 Å². The molecule has 0 radical (unpaired) electrons. The van der Waals surface area contributed by atoms with Crippen LogP contribution in [0.15, 0.2) is 0 Å². The third-order valence-electron chi connectivity index (χ3n) is 2.51. The van der Waals surface area contributed by atoms with Crippen LogP contribution in [0, 0.1) is 0 Å². The molecule has 0 aliphatic rings. The first-order chi connectivity index (χ1) is 6.57. The van der Waals surface area contributed by atoms with Gasteiger partial charge in [-0.3, -0.25) is 0 Å². The third-order valence-corrected chi connectivity index (χ3v) is 2.51. The van der Waals surface area contributed by atoms with E-state index in [1.807, 2.05) is 0 Å². The van der Waals surface area contributed by atoms with Crippen LogP contribution in [0.3, 0.4) is 0 Å². The lowest BCUT2D eigenvalue weighted by molar-refractivity contribution is 0.153. The molecule has 0 bridgehead atoms. The zero-order valence-electron chi connectivity index (χ0n) is 10.3. The van der Waals surface area contributed by atoms with E-state index < -0.39 is 0 Å². The van der Waals surface area contributed by atoms with Crippen molar-refractivity contribution in [2.45, 2.75) is 39.3 Å². The van der Waals surface area contributed by atoms with Gasteiger partial charge in [0.1, 0.15) is 0 Å².